The van der Waals surface area contributed by atoms with Crippen LogP contribution in [0.3, 0.4) is 0 Å². The number of hydrogen-bond acceptors (Lipinski definition) is 3. The summed E-state index contributed by atoms with van der Waals surface area (Å²) < 4.78 is 2.56. The maximum atomic E-state index is 11.5. The van der Waals surface area contributed by atoms with Gasteiger partial charge >= 0.3 is 0 Å². The summed E-state index contributed by atoms with van der Waals surface area (Å²) in [5, 5.41) is 16.6. The number of phenols is 1. The van der Waals surface area contributed by atoms with Gasteiger partial charge in [0.05, 0.1) is 11.4 Å². The lowest BCUT2D eigenvalue weighted by atomic mass is 9.89. The van der Waals surface area contributed by atoms with E-state index in [9.17, 15) is 5.11 Å². The number of nitrogens with zero attached hydrogens (tertiary/aromatic N) is 1. The molecule has 7 aromatic carbocycles. The maximum Gasteiger partial charge on any atom is 0.125 e. The number of aromatic hydroxyl groups is 1. The van der Waals surface area contributed by atoms with Gasteiger partial charge < -0.3 is 10.0 Å². The largest absolute Gasteiger partial charge is 0.507 e. The third-order valence-electron chi connectivity index (χ3n) is 9.67. The molecule has 1 atom stereocenters. The first-order chi connectivity index (χ1) is 24.2. The van der Waals surface area contributed by atoms with Gasteiger partial charge in [0.15, 0.2) is 0 Å². The minimum Gasteiger partial charge on any atom is -0.507 e. The Morgan fingerprint density at radius 3 is 2.22 bits per heavy atom. The number of hydrogen-bond donors (Lipinski definition) is 1. The fraction of sp³-hybridized carbons (Fsp3) is 0.0435. The van der Waals surface area contributed by atoms with Crippen molar-refractivity contribution in [1.82, 2.24) is 0 Å². The second kappa shape index (κ2) is 12.3. The fourth-order valence-electron chi connectivity index (χ4n) is 7.36. The standard InChI is InChI=1S/C46H33NOS/c48-43-25-12-24-42(45(43)32-14-2-1-3-15-32)47(36-18-10-17-34(30-36)35-28-27-31-13-4-5-16-33(31)29-35)41-23-8-6-19-37(41)39-21-11-22-40-38-20-7-9-26-44(38)49-46(39)40/h1-16,18-30,34,48H,17H2. The van der Waals surface area contributed by atoms with Gasteiger partial charge in [-0.3, -0.25) is 0 Å². The van der Waals surface area contributed by atoms with Crippen LogP contribution >= 0.6 is 11.3 Å². The molecule has 3 heteroatoms. The third-order valence-corrected chi connectivity index (χ3v) is 10.9. The van der Waals surface area contributed by atoms with Crippen molar-refractivity contribution < 1.29 is 5.11 Å². The van der Waals surface area contributed by atoms with Crippen molar-refractivity contribution in [2.24, 2.45) is 0 Å². The Hall–Kier alpha value is -5.90. The van der Waals surface area contributed by atoms with E-state index in [4.69, 9.17) is 0 Å². The molecule has 0 amide bonds. The van der Waals surface area contributed by atoms with Gasteiger partial charge in [0.25, 0.3) is 0 Å². The smallest absolute Gasteiger partial charge is 0.125 e. The Morgan fingerprint density at radius 2 is 1.31 bits per heavy atom. The van der Waals surface area contributed by atoms with Gasteiger partial charge in [-0.2, -0.15) is 0 Å². The zero-order chi connectivity index (χ0) is 32.7. The van der Waals surface area contributed by atoms with Gasteiger partial charge in [-0.15, -0.1) is 11.3 Å². The molecule has 8 aromatic rings. The molecule has 1 heterocycles. The molecule has 234 valence electrons. The van der Waals surface area contributed by atoms with Gasteiger partial charge in [-0.25, -0.2) is 0 Å². The monoisotopic (exact) mass is 647 g/mol. The van der Waals surface area contributed by atoms with E-state index in [1.54, 1.807) is 6.07 Å². The number of phenolic OH excluding ortho intramolecular Hbond substituents is 1. The molecule has 49 heavy (non-hydrogen) atoms. The summed E-state index contributed by atoms with van der Waals surface area (Å²) in [4.78, 5) is 2.35. The highest BCUT2D eigenvalue weighted by molar-refractivity contribution is 7.26. The van der Waals surface area contributed by atoms with Crippen LogP contribution in [0.25, 0.3) is 53.2 Å². The average Bonchev–Trinajstić information content (AvgIpc) is 3.55. The number of benzene rings is 7. The molecule has 1 aliphatic carbocycles. The van der Waals surface area contributed by atoms with Crippen LogP contribution < -0.4 is 4.90 Å². The first kappa shape index (κ1) is 29.3. The Morgan fingerprint density at radius 1 is 0.592 bits per heavy atom. The van der Waals surface area contributed by atoms with E-state index in [1.807, 2.05) is 35.6 Å². The molecule has 0 saturated heterocycles. The number of para-hydroxylation sites is 1. The quantitative estimate of drug-likeness (QED) is 0.194. The lowest BCUT2D eigenvalue weighted by Crippen LogP contribution is -2.19. The van der Waals surface area contributed by atoms with Crippen molar-refractivity contribution in [1.29, 1.82) is 0 Å². The summed E-state index contributed by atoms with van der Waals surface area (Å²) in [7, 11) is 0. The lowest BCUT2D eigenvalue weighted by Gasteiger charge is -2.33. The van der Waals surface area contributed by atoms with Crippen LogP contribution in [-0.4, -0.2) is 5.11 Å². The highest BCUT2D eigenvalue weighted by Crippen LogP contribution is 2.49. The highest BCUT2D eigenvalue weighted by atomic mass is 32.1. The Balaban J connectivity index is 1.28. The van der Waals surface area contributed by atoms with Gasteiger partial charge in [-0.05, 0) is 58.7 Å². The number of fused-ring (bicyclic) bond motifs is 4. The third kappa shape index (κ3) is 5.20. The molecule has 1 N–H and O–H groups in total. The molecule has 9 rings (SSSR count). The molecule has 0 bridgehead atoms. The number of rotatable bonds is 6. The molecule has 1 aromatic heterocycles. The second-order valence-corrected chi connectivity index (χ2v) is 13.7. The zero-order valence-electron chi connectivity index (χ0n) is 26.8. The number of thiophene rings is 1. The van der Waals surface area contributed by atoms with E-state index in [2.05, 4.69) is 151 Å². The Labute approximate surface area is 290 Å². The van der Waals surface area contributed by atoms with E-state index in [0.29, 0.717) is 0 Å². The predicted octanol–water partition coefficient (Wildman–Crippen LogP) is 13.0. The van der Waals surface area contributed by atoms with E-state index in [-0.39, 0.29) is 11.7 Å². The summed E-state index contributed by atoms with van der Waals surface area (Å²) in [6, 6.07) is 55.5. The molecule has 0 spiro atoms. The van der Waals surface area contributed by atoms with Crippen LogP contribution in [0.5, 0.6) is 5.75 Å². The van der Waals surface area contributed by atoms with Crippen molar-refractivity contribution in [2.75, 3.05) is 4.90 Å². The maximum absolute atomic E-state index is 11.5. The minimum absolute atomic E-state index is 0.197. The summed E-state index contributed by atoms with van der Waals surface area (Å²) in [6.45, 7) is 0. The summed E-state index contributed by atoms with van der Waals surface area (Å²) >= 11 is 1.85. The van der Waals surface area contributed by atoms with E-state index in [0.717, 1.165) is 40.2 Å². The van der Waals surface area contributed by atoms with Crippen LogP contribution in [0.4, 0.5) is 11.4 Å². The summed E-state index contributed by atoms with van der Waals surface area (Å²) in [6.07, 6.45) is 7.86. The van der Waals surface area contributed by atoms with Crippen molar-refractivity contribution in [2.45, 2.75) is 12.3 Å². The Kier molecular flexibility index (Phi) is 7.33. The predicted molar refractivity (Wildman–Crippen MR) is 209 cm³/mol. The molecule has 1 aliphatic rings. The normalized spacial score (nSPS) is 14.4. The van der Waals surface area contributed by atoms with E-state index < -0.39 is 0 Å². The number of allylic oxidation sites excluding steroid dienone is 3. The van der Waals surface area contributed by atoms with E-state index >= 15 is 0 Å². The number of anilines is 2. The fourth-order valence-corrected chi connectivity index (χ4v) is 8.59. The van der Waals surface area contributed by atoms with Crippen LogP contribution in [0.2, 0.25) is 0 Å². The molecule has 0 aliphatic heterocycles. The van der Waals surface area contributed by atoms with Crippen LogP contribution in [-0.2, 0) is 0 Å². The SMILES string of the molecule is Oc1cccc(N(C2=CC(c3ccc4ccccc4c3)CC=C2)c2ccccc2-c2cccc3c2sc2ccccc23)c1-c1ccccc1. The van der Waals surface area contributed by atoms with Gasteiger partial charge in [0.2, 0.25) is 0 Å². The molecule has 0 saturated carbocycles. The molecule has 2 nitrogen and oxygen atoms in total. The first-order valence-electron chi connectivity index (χ1n) is 16.8. The van der Waals surface area contributed by atoms with Crippen molar-refractivity contribution >= 4 is 53.7 Å². The molecular formula is C46H33NOS. The first-order valence-corrected chi connectivity index (χ1v) is 17.6. The molecule has 0 fully saturated rings. The molecule has 1 unspecified atom stereocenters. The van der Waals surface area contributed by atoms with Crippen molar-refractivity contribution in [3.05, 3.63) is 187 Å². The molecule has 0 radical (unpaired) electrons. The van der Waals surface area contributed by atoms with E-state index in [1.165, 1.54) is 42.1 Å². The topological polar surface area (TPSA) is 23.5 Å². The zero-order valence-corrected chi connectivity index (χ0v) is 27.6. The van der Waals surface area contributed by atoms with Crippen molar-refractivity contribution in [3.8, 4) is 28.0 Å². The lowest BCUT2D eigenvalue weighted by molar-refractivity contribution is 0.477. The van der Waals surface area contributed by atoms with Gasteiger partial charge in [0, 0.05) is 48.5 Å². The average molecular weight is 648 g/mol. The van der Waals surface area contributed by atoms with Crippen LogP contribution in [0, 0.1) is 0 Å². The summed E-state index contributed by atoms with van der Waals surface area (Å²) in [5.41, 5.74) is 8.47. The van der Waals surface area contributed by atoms with Crippen LogP contribution in [0.1, 0.15) is 17.9 Å². The van der Waals surface area contributed by atoms with Crippen molar-refractivity contribution in [3.63, 3.8) is 0 Å². The Bertz CT molecular complexity index is 2560. The second-order valence-electron chi connectivity index (χ2n) is 12.6. The molecular weight excluding hydrogens is 615 g/mol. The van der Waals surface area contributed by atoms with Gasteiger partial charge in [0.1, 0.15) is 5.75 Å². The van der Waals surface area contributed by atoms with Gasteiger partial charge in [-0.1, -0.05) is 146 Å². The highest BCUT2D eigenvalue weighted by Gasteiger charge is 2.26. The van der Waals surface area contributed by atoms with Crippen LogP contribution in [0.15, 0.2) is 182 Å². The minimum atomic E-state index is 0.197. The summed E-state index contributed by atoms with van der Waals surface area (Å²) in [5.74, 6) is 0.451.